The molecule has 1 amide bonds. The van der Waals surface area contributed by atoms with E-state index in [4.69, 9.17) is 4.74 Å². The van der Waals surface area contributed by atoms with Crippen LogP contribution in [0.3, 0.4) is 0 Å². The van der Waals surface area contributed by atoms with E-state index in [1.54, 1.807) is 7.11 Å². The van der Waals surface area contributed by atoms with Crippen molar-refractivity contribution in [3.8, 4) is 5.75 Å². The molecule has 1 aromatic rings. The van der Waals surface area contributed by atoms with Gasteiger partial charge in [0, 0.05) is 6.04 Å². The topological polar surface area (TPSA) is 72.5 Å². The maximum absolute atomic E-state index is 12.6. The van der Waals surface area contributed by atoms with E-state index in [1.165, 1.54) is 0 Å². The first-order valence-corrected chi connectivity index (χ1v) is 9.29. The molecule has 1 fully saturated rings. The Hall–Kier alpha value is -1.56. The van der Waals surface area contributed by atoms with Crippen LogP contribution < -0.4 is 10.1 Å². The summed E-state index contributed by atoms with van der Waals surface area (Å²) in [6.45, 7) is 3.97. The Morgan fingerprint density at radius 2 is 1.91 bits per heavy atom. The molecule has 1 aromatic carbocycles. The number of methoxy groups -OCH3 is 1. The molecule has 2 atom stereocenters. The summed E-state index contributed by atoms with van der Waals surface area (Å²) in [5.41, 5.74) is 0.911. The highest BCUT2D eigenvalue weighted by molar-refractivity contribution is 7.91. The molecule has 1 aliphatic rings. The summed E-state index contributed by atoms with van der Waals surface area (Å²) in [4.78, 5) is 12.6. The van der Waals surface area contributed by atoms with E-state index in [2.05, 4.69) is 5.32 Å². The van der Waals surface area contributed by atoms with E-state index < -0.39 is 9.84 Å². The highest BCUT2D eigenvalue weighted by atomic mass is 32.2. The lowest BCUT2D eigenvalue weighted by Crippen LogP contribution is -2.40. The monoisotopic (exact) mass is 325 g/mol. The first-order valence-electron chi connectivity index (χ1n) is 7.47. The minimum absolute atomic E-state index is 0.0478. The first kappa shape index (κ1) is 16.8. The molecule has 2 unspecified atom stereocenters. The summed E-state index contributed by atoms with van der Waals surface area (Å²) in [5, 5.41) is 2.89. The normalized spacial score (nSPS) is 21.5. The molecule has 0 radical (unpaired) electrons. The molecule has 1 aliphatic heterocycles. The number of carbonyl (C=O) groups excluding carboxylic acids is 1. The van der Waals surface area contributed by atoms with Gasteiger partial charge in [-0.2, -0.15) is 0 Å². The van der Waals surface area contributed by atoms with Crippen LogP contribution >= 0.6 is 0 Å². The first-order chi connectivity index (χ1) is 10.3. The lowest BCUT2D eigenvalue weighted by atomic mass is 9.87. The van der Waals surface area contributed by atoms with Gasteiger partial charge in [0.15, 0.2) is 9.84 Å². The molecule has 1 saturated heterocycles. The van der Waals surface area contributed by atoms with Gasteiger partial charge >= 0.3 is 0 Å². The Balaban J connectivity index is 2.11. The highest BCUT2D eigenvalue weighted by Gasteiger charge is 2.32. The number of ether oxygens (including phenoxy) is 1. The Morgan fingerprint density at radius 1 is 1.27 bits per heavy atom. The summed E-state index contributed by atoms with van der Waals surface area (Å²) >= 11 is 0. The molecule has 0 saturated carbocycles. The number of amides is 1. The Kier molecular flexibility index (Phi) is 5.11. The van der Waals surface area contributed by atoms with Gasteiger partial charge in [-0.1, -0.05) is 26.0 Å². The van der Waals surface area contributed by atoms with Crippen molar-refractivity contribution in [1.29, 1.82) is 0 Å². The third-order valence-electron chi connectivity index (χ3n) is 4.00. The minimum atomic E-state index is -2.99. The third-order valence-corrected chi connectivity index (χ3v) is 5.77. The van der Waals surface area contributed by atoms with Crippen molar-refractivity contribution in [3.05, 3.63) is 29.8 Å². The predicted octanol–water partition coefficient (Wildman–Crippen LogP) is 1.74. The molecule has 0 aromatic heterocycles. The molecule has 5 nitrogen and oxygen atoms in total. The Morgan fingerprint density at radius 3 is 2.36 bits per heavy atom. The Labute approximate surface area is 132 Å². The van der Waals surface area contributed by atoms with E-state index >= 15 is 0 Å². The molecule has 2 rings (SSSR count). The second kappa shape index (κ2) is 6.69. The SMILES string of the molecule is COc1ccc(C(C(=O)NC2CCS(=O)(=O)C2)C(C)C)cc1. The fourth-order valence-electron chi connectivity index (χ4n) is 2.85. The van der Waals surface area contributed by atoms with Gasteiger partial charge in [-0.25, -0.2) is 8.42 Å². The van der Waals surface area contributed by atoms with E-state index in [-0.39, 0.29) is 35.3 Å². The van der Waals surface area contributed by atoms with E-state index in [1.807, 2.05) is 38.1 Å². The van der Waals surface area contributed by atoms with Crippen LogP contribution in [-0.4, -0.2) is 39.0 Å². The van der Waals surface area contributed by atoms with Crippen molar-refractivity contribution >= 4 is 15.7 Å². The van der Waals surface area contributed by atoms with Gasteiger partial charge in [-0.15, -0.1) is 0 Å². The highest BCUT2D eigenvalue weighted by Crippen LogP contribution is 2.27. The number of rotatable bonds is 5. The fourth-order valence-corrected chi connectivity index (χ4v) is 4.52. The number of hydrogen-bond acceptors (Lipinski definition) is 4. The molecule has 122 valence electrons. The van der Waals surface area contributed by atoms with Crippen molar-refractivity contribution in [3.63, 3.8) is 0 Å². The average molecular weight is 325 g/mol. The van der Waals surface area contributed by atoms with E-state index in [0.717, 1.165) is 11.3 Å². The summed E-state index contributed by atoms with van der Waals surface area (Å²) in [7, 11) is -1.39. The van der Waals surface area contributed by atoms with Crippen LogP contribution in [0.25, 0.3) is 0 Å². The number of nitrogens with one attached hydrogen (secondary N) is 1. The summed E-state index contributed by atoms with van der Waals surface area (Å²) < 4.78 is 28.1. The third kappa shape index (κ3) is 4.00. The van der Waals surface area contributed by atoms with E-state index in [9.17, 15) is 13.2 Å². The van der Waals surface area contributed by atoms with Crippen molar-refractivity contribution in [1.82, 2.24) is 5.32 Å². The fraction of sp³-hybridized carbons (Fsp3) is 0.562. The maximum Gasteiger partial charge on any atom is 0.228 e. The smallest absolute Gasteiger partial charge is 0.228 e. The number of hydrogen-bond donors (Lipinski definition) is 1. The quantitative estimate of drug-likeness (QED) is 0.895. The van der Waals surface area contributed by atoms with Crippen molar-refractivity contribution < 1.29 is 17.9 Å². The molecular formula is C16H23NO4S. The van der Waals surface area contributed by atoms with Gasteiger partial charge in [-0.3, -0.25) is 4.79 Å². The van der Waals surface area contributed by atoms with Crippen molar-refractivity contribution in [2.75, 3.05) is 18.6 Å². The van der Waals surface area contributed by atoms with Gasteiger partial charge in [0.1, 0.15) is 5.75 Å². The molecule has 0 spiro atoms. The van der Waals surface area contributed by atoms with Gasteiger partial charge in [-0.05, 0) is 30.0 Å². The second-order valence-corrected chi connectivity index (χ2v) is 8.33. The zero-order chi connectivity index (χ0) is 16.3. The average Bonchev–Trinajstić information content (AvgIpc) is 2.78. The molecule has 1 heterocycles. The standard InChI is InChI=1S/C16H23NO4S/c1-11(2)15(12-4-6-14(21-3)7-5-12)16(18)17-13-8-9-22(19,20)10-13/h4-7,11,13,15H,8-10H2,1-3H3,(H,17,18). The molecular weight excluding hydrogens is 302 g/mol. The van der Waals surface area contributed by atoms with Crippen molar-refractivity contribution in [2.45, 2.75) is 32.2 Å². The zero-order valence-corrected chi connectivity index (χ0v) is 14.0. The number of sulfone groups is 1. The molecule has 1 N–H and O–H groups in total. The van der Waals surface area contributed by atoms with E-state index in [0.29, 0.717) is 6.42 Å². The number of benzene rings is 1. The van der Waals surface area contributed by atoms with Crippen LogP contribution in [0.2, 0.25) is 0 Å². The summed E-state index contributed by atoms with van der Waals surface area (Å²) in [6, 6.07) is 7.16. The van der Waals surface area contributed by atoms with Gasteiger partial charge in [0.2, 0.25) is 5.91 Å². The molecule has 6 heteroatoms. The Bertz CT molecular complexity index is 622. The van der Waals surface area contributed by atoms with Crippen LogP contribution in [0, 0.1) is 5.92 Å². The van der Waals surface area contributed by atoms with Crippen LogP contribution in [-0.2, 0) is 14.6 Å². The predicted molar refractivity (Wildman–Crippen MR) is 85.8 cm³/mol. The lowest BCUT2D eigenvalue weighted by molar-refractivity contribution is -0.124. The van der Waals surface area contributed by atoms with Crippen LogP contribution in [0.5, 0.6) is 5.75 Å². The van der Waals surface area contributed by atoms with Crippen LogP contribution in [0.4, 0.5) is 0 Å². The van der Waals surface area contributed by atoms with Crippen LogP contribution in [0.15, 0.2) is 24.3 Å². The summed E-state index contributed by atoms with van der Waals surface area (Å²) in [6.07, 6.45) is 0.501. The van der Waals surface area contributed by atoms with Crippen LogP contribution in [0.1, 0.15) is 31.7 Å². The second-order valence-electron chi connectivity index (χ2n) is 6.10. The number of carbonyl (C=O) groups is 1. The van der Waals surface area contributed by atoms with Gasteiger partial charge in [0.05, 0.1) is 24.5 Å². The van der Waals surface area contributed by atoms with Crippen molar-refractivity contribution in [2.24, 2.45) is 5.92 Å². The van der Waals surface area contributed by atoms with Gasteiger partial charge in [0.25, 0.3) is 0 Å². The molecule has 22 heavy (non-hydrogen) atoms. The summed E-state index contributed by atoms with van der Waals surface area (Å²) in [5.74, 6) is 0.662. The largest absolute Gasteiger partial charge is 0.497 e. The minimum Gasteiger partial charge on any atom is -0.497 e. The molecule has 0 bridgehead atoms. The molecule has 0 aliphatic carbocycles. The maximum atomic E-state index is 12.6. The zero-order valence-electron chi connectivity index (χ0n) is 13.2. The van der Waals surface area contributed by atoms with Gasteiger partial charge < -0.3 is 10.1 Å². The lowest BCUT2D eigenvalue weighted by Gasteiger charge is -2.23.